The molecule has 0 fully saturated rings. The van der Waals surface area contributed by atoms with Crippen LogP contribution in [0.4, 0.5) is 5.69 Å². The van der Waals surface area contributed by atoms with Crippen molar-refractivity contribution >= 4 is 50.7 Å². The largest absolute Gasteiger partial charge is 0.278 e. The highest BCUT2D eigenvalue weighted by molar-refractivity contribution is 7.99. The maximum atomic E-state index is 12.3. The molecular formula is C12H10Cl2N2O2S2. The summed E-state index contributed by atoms with van der Waals surface area (Å²) in [5.41, 5.74) is 0.506. The summed E-state index contributed by atoms with van der Waals surface area (Å²) < 4.78 is 27.1. The quantitative estimate of drug-likeness (QED) is 0.672. The van der Waals surface area contributed by atoms with Gasteiger partial charge in [-0.1, -0.05) is 35.3 Å². The number of sulfonamides is 1. The van der Waals surface area contributed by atoms with Gasteiger partial charge < -0.3 is 0 Å². The molecule has 0 aliphatic heterocycles. The number of hydrogen-bond donors (Lipinski definition) is 1. The van der Waals surface area contributed by atoms with E-state index in [9.17, 15) is 8.42 Å². The fourth-order valence-corrected chi connectivity index (χ4v) is 3.49. The molecule has 0 spiro atoms. The molecule has 1 aromatic heterocycles. The molecule has 20 heavy (non-hydrogen) atoms. The Kier molecular flexibility index (Phi) is 4.80. The maximum absolute atomic E-state index is 12.3. The predicted molar refractivity (Wildman–Crippen MR) is 83.3 cm³/mol. The molecule has 0 amide bonds. The van der Waals surface area contributed by atoms with Crippen LogP contribution in [-0.2, 0) is 10.0 Å². The molecular weight excluding hydrogens is 339 g/mol. The van der Waals surface area contributed by atoms with E-state index in [-0.39, 0.29) is 15.1 Å². The number of pyridine rings is 1. The lowest BCUT2D eigenvalue weighted by Crippen LogP contribution is -2.13. The average molecular weight is 349 g/mol. The number of aromatic nitrogens is 1. The third-order valence-corrected chi connectivity index (χ3v) is 5.25. The normalized spacial score (nSPS) is 11.3. The minimum absolute atomic E-state index is 0.0391. The molecule has 0 aliphatic carbocycles. The zero-order chi connectivity index (χ0) is 14.8. The number of anilines is 1. The molecule has 0 radical (unpaired) electrons. The Morgan fingerprint density at radius 3 is 2.60 bits per heavy atom. The molecule has 8 heteroatoms. The molecule has 4 nitrogen and oxygen atoms in total. The molecule has 2 rings (SSSR count). The van der Waals surface area contributed by atoms with E-state index in [4.69, 9.17) is 23.2 Å². The first-order chi connectivity index (χ1) is 9.44. The van der Waals surface area contributed by atoms with E-state index in [1.165, 1.54) is 17.8 Å². The first-order valence-corrected chi connectivity index (χ1v) is 8.87. The van der Waals surface area contributed by atoms with Crippen LogP contribution in [0.2, 0.25) is 10.2 Å². The number of benzene rings is 1. The van der Waals surface area contributed by atoms with E-state index in [2.05, 4.69) is 9.71 Å². The second-order valence-electron chi connectivity index (χ2n) is 3.75. The second kappa shape index (κ2) is 6.22. The van der Waals surface area contributed by atoms with Gasteiger partial charge in [0.15, 0.2) is 0 Å². The summed E-state index contributed by atoms with van der Waals surface area (Å²) in [4.78, 5) is 4.52. The number of nitrogens with one attached hydrogen (secondary N) is 1. The van der Waals surface area contributed by atoms with Crippen molar-refractivity contribution in [1.82, 2.24) is 4.98 Å². The van der Waals surface area contributed by atoms with Gasteiger partial charge in [-0.2, -0.15) is 0 Å². The van der Waals surface area contributed by atoms with Crippen LogP contribution in [0.5, 0.6) is 0 Å². The van der Waals surface area contributed by atoms with Gasteiger partial charge in [-0.25, -0.2) is 13.4 Å². The fourth-order valence-electron chi connectivity index (χ4n) is 1.48. The molecule has 0 saturated carbocycles. The molecule has 0 aliphatic rings. The average Bonchev–Trinajstić information content (AvgIpc) is 2.42. The Labute approximate surface area is 131 Å². The lowest BCUT2D eigenvalue weighted by atomic mass is 10.3. The van der Waals surface area contributed by atoms with Gasteiger partial charge in [0.2, 0.25) is 0 Å². The Bertz CT molecular complexity index is 736. The molecule has 1 heterocycles. The third-order valence-electron chi connectivity index (χ3n) is 2.43. The van der Waals surface area contributed by atoms with Gasteiger partial charge in [-0.05, 0) is 24.5 Å². The van der Waals surface area contributed by atoms with Crippen LogP contribution in [0.3, 0.4) is 0 Å². The lowest BCUT2D eigenvalue weighted by molar-refractivity contribution is 0.600. The topological polar surface area (TPSA) is 59.1 Å². The minimum atomic E-state index is -3.75. The van der Waals surface area contributed by atoms with Crippen LogP contribution >= 0.6 is 35.0 Å². The standard InChI is InChI=1S/C12H10Cl2N2O2S2/c1-19-11-5-3-2-4-10(11)16-20(17,18)8-6-9(13)12(14)15-7-8/h2-7,16H,1H3. The van der Waals surface area contributed by atoms with Crippen molar-refractivity contribution in [1.29, 1.82) is 0 Å². The summed E-state index contributed by atoms with van der Waals surface area (Å²) in [6, 6.07) is 8.37. The van der Waals surface area contributed by atoms with Crippen LogP contribution in [0.25, 0.3) is 0 Å². The van der Waals surface area contributed by atoms with Gasteiger partial charge in [0.25, 0.3) is 10.0 Å². The fraction of sp³-hybridized carbons (Fsp3) is 0.0833. The van der Waals surface area contributed by atoms with Crippen LogP contribution in [0, 0.1) is 0 Å². The Morgan fingerprint density at radius 2 is 1.95 bits per heavy atom. The van der Waals surface area contributed by atoms with Gasteiger partial charge in [0.1, 0.15) is 10.0 Å². The van der Waals surface area contributed by atoms with E-state index in [0.29, 0.717) is 5.69 Å². The molecule has 106 valence electrons. The van der Waals surface area contributed by atoms with E-state index in [1.807, 2.05) is 18.4 Å². The smallest absolute Gasteiger partial charge is 0.263 e. The van der Waals surface area contributed by atoms with Crippen molar-refractivity contribution in [3.63, 3.8) is 0 Å². The number of rotatable bonds is 4. The lowest BCUT2D eigenvalue weighted by Gasteiger charge is -2.11. The van der Waals surface area contributed by atoms with Crippen molar-refractivity contribution in [2.75, 3.05) is 11.0 Å². The van der Waals surface area contributed by atoms with Crippen molar-refractivity contribution in [2.45, 2.75) is 9.79 Å². The van der Waals surface area contributed by atoms with Gasteiger partial charge in [-0.3, -0.25) is 4.72 Å². The highest BCUT2D eigenvalue weighted by Gasteiger charge is 2.17. The van der Waals surface area contributed by atoms with Crippen molar-refractivity contribution in [3.05, 3.63) is 46.7 Å². The first-order valence-electron chi connectivity index (χ1n) is 5.41. The van der Waals surface area contributed by atoms with Crippen molar-refractivity contribution in [2.24, 2.45) is 0 Å². The number of nitrogens with zero attached hydrogens (tertiary/aromatic N) is 1. The van der Waals surface area contributed by atoms with E-state index in [0.717, 1.165) is 11.1 Å². The first kappa shape index (κ1) is 15.4. The summed E-state index contributed by atoms with van der Waals surface area (Å²) >= 11 is 12.9. The third kappa shape index (κ3) is 3.38. The summed E-state index contributed by atoms with van der Waals surface area (Å²) in [5, 5.41) is 0.155. The number of hydrogen-bond acceptors (Lipinski definition) is 4. The number of halogens is 2. The van der Waals surface area contributed by atoms with Crippen LogP contribution < -0.4 is 4.72 Å². The van der Waals surface area contributed by atoms with Gasteiger partial charge in [0.05, 0.1) is 10.7 Å². The molecule has 0 saturated heterocycles. The zero-order valence-electron chi connectivity index (χ0n) is 10.3. The molecule has 1 N–H and O–H groups in total. The zero-order valence-corrected chi connectivity index (χ0v) is 13.4. The van der Waals surface area contributed by atoms with Gasteiger partial charge in [-0.15, -0.1) is 11.8 Å². The summed E-state index contributed by atoms with van der Waals surface area (Å²) in [5.74, 6) is 0. The monoisotopic (exact) mass is 348 g/mol. The Balaban J connectivity index is 2.38. The highest BCUT2D eigenvalue weighted by atomic mass is 35.5. The van der Waals surface area contributed by atoms with E-state index >= 15 is 0 Å². The maximum Gasteiger partial charge on any atom is 0.263 e. The van der Waals surface area contributed by atoms with Crippen molar-refractivity contribution < 1.29 is 8.42 Å². The second-order valence-corrected chi connectivity index (χ2v) is 7.05. The Morgan fingerprint density at radius 1 is 1.25 bits per heavy atom. The predicted octanol–water partition coefficient (Wildman–Crippen LogP) is 3.91. The van der Waals surface area contributed by atoms with Gasteiger partial charge >= 0.3 is 0 Å². The SMILES string of the molecule is CSc1ccccc1NS(=O)(=O)c1cnc(Cl)c(Cl)c1. The summed E-state index contributed by atoms with van der Waals surface area (Å²) in [6.45, 7) is 0. The summed E-state index contributed by atoms with van der Waals surface area (Å²) in [6.07, 6.45) is 3.03. The van der Waals surface area contributed by atoms with E-state index in [1.54, 1.807) is 12.1 Å². The molecule has 0 unspecified atom stereocenters. The molecule has 2 aromatic rings. The molecule has 0 bridgehead atoms. The van der Waals surface area contributed by atoms with E-state index < -0.39 is 10.0 Å². The van der Waals surface area contributed by atoms with Crippen LogP contribution in [-0.4, -0.2) is 19.7 Å². The number of thioether (sulfide) groups is 1. The molecule has 0 atom stereocenters. The summed E-state index contributed by atoms with van der Waals surface area (Å²) in [7, 11) is -3.75. The number of para-hydroxylation sites is 1. The Hall–Kier alpha value is -0.950. The highest BCUT2D eigenvalue weighted by Crippen LogP contribution is 2.28. The van der Waals surface area contributed by atoms with Crippen molar-refractivity contribution in [3.8, 4) is 0 Å². The minimum Gasteiger partial charge on any atom is -0.278 e. The van der Waals surface area contributed by atoms with Gasteiger partial charge in [0, 0.05) is 11.1 Å². The van der Waals surface area contributed by atoms with Crippen LogP contribution in [0.15, 0.2) is 46.3 Å². The molecule has 1 aromatic carbocycles. The van der Waals surface area contributed by atoms with Crippen LogP contribution in [0.1, 0.15) is 0 Å².